The number of hydrazone groups is 1. The zero-order chi connectivity index (χ0) is 11.7. The van der Waals surface area contributed by atoms with Crippen molar-refractivity contribution in [3.63, 3.8) is 0 Å². The summed E-state index contributed by atoms with van der Waals surface area (Å²) in [4.78, 5) is 23.2. The minimum Gasteiger partial charge on any atom is -0.294 e. The average molecular weight is 216 g/mol. The molecule has 1 aliphatic rings. The molecule has 1 heterocycles. The Balaban J connectivity index is 2.45. The summed E-state index contributed by atoms with van der Waals surface area (Å²) in [5.74, 6) is -0.396. The van der Waals surface area contributed by atoms with Gasteiger partial charge in [-0.2, -0.15) is 10.1 Å². The maximum absolute atomic E-state index is 11.8. The number of ketones is 1. The summed E-state index contributed by atoms with van der Waals surface area (Å²) >= 11 is 0. The lowest BCUT2D eigenvalue weighted by atomic mass is 10.1. The van der Waals surface area contributed by atoms with Crippen LogP contribution < -0.4 is 5.01 Å². The van der Waals surface area contributed by atoms with E-state index in [2.05, 4.69) is 5.10 Å². The number of nitrogens with zero attached hydrogens (tertiary/aromatic N) is 2. The van der Waals surface area contributed by atoms with Crippen LogP contribution in [0.4, 0.5) is 5.69 Å². The van der Waals surface area contributed by atoms with E-state index in [1.54, 1.807) is 37.4 Å². The second-order valence-electron chi connectivity index (χ2n) is 3.78. The number of rotatable bonds is 2. The number of hydrogen-bond donors (Lipinski definition) is 0. The molecule has 0 aliphatic carbocycles. The van der Waals surface area contributed by atoms with E-state index in [-0.39, 0.29) is 17.6 Å². The van der Waals surface area contributed by atoms with Crippen molar-refractivity contribution in [3.05, 3.63) is 29.8 Å². The minimum absolute atomic E-state index is 0.0712. The molecule has 0 spiro atoms. The topological polar surface area (TPSA) is 49.7 Å². The standard InChI is InChI=1S/C12H12N2O2/c1-8-7-13-14(12(8)16)11-6-4-3-5-10(11)9(2)15/h3-8H,1-2H3. The monoisotopic (exact) mass is 216 g/mol. The van der Waals surface area contributed by atoms with Gasteiger partial charge in [-0.3, -0.25) is 9.59 Å². The van der Waals surface area contributed by atoms with Crippen LogP contribution in [0.5, 0.6) is 0 Å². The summed E-state index contributed by atoms with van der Waals surface area (Å²) in [6.07, 6.45) is 1.58. The van der Waals surface area contributed by atoms with Gasteiger partial charge in [-0.15, -0.1) is 0 Å². The Hall–Kier alpha value is -1.97. The molecular weight excluding hydrogens is 204 g/mol. The van der Waals surface area contributed by atoms with Crippen LogP contribution in [0.15, 0.2) is 29.4 Å². The summed E-state index contributed by atoms with van der Waals surface area (Å²) in [6.45, 7) is 3.26. The van der Waals surface area contributed by atoms with E-state index in [0.717, 1.165) is 0 Å². The molecule has 0 fully saturated rings. The van der Waals surface area contributed by atoms with Crippen molar-refractivity contribution in [1.82, 2.24) is 0 Å². The van der Waals surface area contributed by atoms with Crippen LogP contribution in [-0.2, 0) is 4.79 Å². The van der Waals surface area contributed by atoms with Crippen LogP contribution in [-0.4, -0.2) is 17.9 Å². The third-order valence-electron chi connectivity index (χ3n) is 2.52. The van der Waals surface area contributed by atoms with Gasteiger partial charge in [0.1, 0.15) is 0 Å². The molecule has 1 aromatic rings. The lowest BCUT2D eigenvalue weighted by Gasteiger charge is -2.15. The summed E-state index contributed by atoms with van der Waals surface area (Å²) in [6, 6.07) is 6.98. The van der Waals surface area contributed by atoms with Crippen LogP contribution in [0.25, 0.3) is 0 Å². The Labute approximate surface area is 93.6 Å². The summed E-state index contributed by atoms with van der Waals surface area (Å²) < 4.78 is 0. The number of para-hydroxylation sites is 1. The lowest BCUT2D eigenvalue weighted by Crippen LogP contribution is -2.25. The van der Waals surface area contributed by atoms with Crippen LogP contribution in [0.2, 0.25) is 0 Å². The highest BCUT2D eigenvalue weighted by atomic mass is 16.2. The van der Waals surface area contributed by atoms with Crippen molar-refractivity contribution in [3.8, 4) is 0 Å². The van der Waals surface area contributed by atoms with E-state index >= 15 is 0 Å². The first-order chi connectivity index (χ1) is 7.61. The normalized spacial score (nSPS) is 19.2. The average Bonchev–Trinajstić information content (AvgIpc) is 2.60. The molecule has 0 N–H and O–H groups in total. The number of Topliss-reactive ketones (excluding diaryl/α,β-unsaturated/α-hetero) is 1. The fourth-order valence-electron chi connectivity index (χ4n) is 1.62. The zero-order valence-electron chi connectivity index (χ0n) is 9.18. The van der Waals surface area contributed by atoms with Gasteiger partial charge in [0.25, 0.3) is 5.91 Å². The molecule has 4 heteroatoms. The van der Waals surface area contributed by atoms with E-state index in [1.165, 1.54) is 11.9 Å². The molecule has 1 amide bonds. The van der Waals surface area contributed by atoms with E-state index in [4.69, 9.17) is 0 Å². The third kappa shape index (κ3) is 1.62. The Bertz CT molecular complexity index is 480. The van der Waals surface area contributed by atoms with E-state index in [0.29, 0.717) is 11.3 Å². The van der Waals surface area contributed by atoms with Gasteiger partial charge in [-0.1, -0.05) is 12.1 Å². The first-order valence-electron chi connectivity index (χ1n) is 5.09. The zero-order valence-corrected chi connectivity index (χ0v) is 9.18. The van der Waals surface area contributed by atoms with Gasteiger partial charge < -0.3 is 0 Å². The molecule has 1 unspecified atom stereocenters. The molecule has 1 aromatic carbocycles. The van der Waals surface area contributed by atoms with E-state index in [1.807, 2.05) is 0 Å². The second kappa shape index (κ2) is 3.89. The van der Waals surface area contributed by atoms with Gasteiger partial charge in [-0.05, 0) is 26.0 Å². The quantitative estimate of drug-likeness (QED) is 0.708. The smallest absolute Gasteiger partial charge is 0.255 e. The summed E-state index contributed by atoms with van der Waals surface area (Å²) in [5.41, 5.74) is 1.07. The fraction of sp³-hybridized carbons (Fsp3) is 0.250. The van der Waals surface area contributed by atoms with Crippen LogP contribution in [0.1, 0.15) is 24.2 Å². The largest absolute Gasteiger partial charge is 0.294 e. The predicted octanol–water partition coefficient (Wildman–Crippen LogP) is 1.86. The molecular formula is C12H12N2O2. The van der Waals surface area contributed by atoms with Crippen LogP contribution in [0.3, 0.4) is 0 Å². The van der Waals surface area contributed by atoms with Crippen molar-refractivity contribution in [1.29, 1.82) is 0 Å². The highest BCUT2D eigenvalue weighted by Crippen LogP contribution is 2.25. The highest BCUT2D eigenvalue weighted by molar-refractivity contribution is 6.11. The molecule has 1 aliphatic heterocycles. The second-order valence-corrected chi connectivity index (χ2v) is 3.78. The minimum atomic E-state index is -0.222. The number of carbonyl (C=O) groups excluding carboxylic acids is 2. The molecule has 82 valence electrons. The Morgan fingerprint density at radius 2 is 2.06 bits per heavy atom. The summed E-state index contributed by atoms with van der Waals surface area (Å²) in [5, 5.41) is 5.31. The van der Waals surface area contributed by atoms with Gasteiger partial charge in [0.05, 0.1) is 11.6 Å². The number of carbonyl (C=O) groups is 2. The molecule has 4 nitrogen and oxygen atoms in total. The number of anilines is 1. The van der Waals surface area contributed by atoms with Gasteiger partial charge in [0, 0.05) is 11.8 Å². The molecule has 0 saturated carbocycles. The van der Waals surface area contributed by atoms with Gasteiger partial charge in [0.2, 0.25) is 0 Å². The molecule has 16 heavy (non-hydrogen) atoms. The van der Waals surface area contributed by atoms with Crippen molar-refractivity contribution in [2.45, 2.75) is 13.8 Å². The third-order valence-corrected chi connectivity index (χ3v) is 2.52. The van der Waals surface area contributed by atoms with Gasteiger partial charge in [0.15, 0.2) is 5.78 Å². The molecule has 0 aromatic heterocycles. The maximum atomic E-state index is 11.8. The van der Waals surface area contributed by atoms with Gasteiger partial charge >= 0.3 is 0 Å². The van der Waals surface area contributed by atoms with Crippen molar-refractivity contribution < 1.29 is 9.59 Å². The van der Waals surface area contributed by atoms with Crippen molar-refractivity contribution in [2.75, 3.05) is 5.01 Å². The molecule has 0 saturated heterocycles. The van der Waals surface area contributed by atoms with Crippen LogP contribution >= 0.6 is 0 Å². The Kier molecular flexibility index (Phi) is 2.56. The Morgan fingerprint density at radius 3 is 2.62 bits per heavy atom. The number of benzene rings is 1. The lowest BCUT2D eigenvalue weighted by molar-refractivity contribution is -0.119. The predicted molar refractivity (Wildman–Crippen MR) is 61.6 cm³/mol. The Morgan fingerprint density at radius 1 is 1.38 bits per heavy atom. The van der Waals surface area contributed by atoms with Gasteiger partial charge in [-0.25, -0.2) is 0 Å². The fourth-order valence-corrected chi connectivity index (χ4v) is 1.62. The first-order valence-corrected chi connectivity index (χ1v) is 5.09. The SMILES string of the molecule is CC(=O)c1ccccc1N1N=CC(C)C1=O. The van der Waals surface area contributed by atoms with Crippen LogP contribution in [0, 0.1) is 5.92 Å². The van der Waals surface area contributed by atoms with Crippen molar-refractivity contribution >= 4 is 23.6 Å². The van der Waals surface area contributed by atoms with E-state index < -0.39 is 0 Å². The van der Waals surface area contributed by atoms with E-state index in [9.17, 15) is 9.59 Å². The first kappa shape index (κ1) is 10.5. The molecule has 1 atom stereocenters. The molecule has 0 bridgehead atoms. The summed E-state index contributed by atoms with van der Waals surface area (Å²) in [7, 11) is 0. The number of hydrogen-bond acceptors (Lipinski definition) is 3. The highest BCUT2D eigenvalue weighted by Gasteiger charge is 2.27. The number of amides is 1. The van der Waals surface area contributed by atoms with Crippen molar-refractivity contribution in [2.24, 2.45) is 11.0 Å². The molecule has 2 rings (SSSR count). The molecule has 0 radical (unpaired) electrons. The maximum Gasteiger partial charge on any atom is 0.255 e.